The van der Waals surface area contributed by atoms with Crippen LogP contribution in [0, 0.1) is 0 Å². The van der Waals surface area contributed by atoms with Crippen molar-refractivity contribution in [1.29, 1.82) is 0 Å². The van der Waals surface area contributed by atoms with E-state index in [9.17, 15) is 31.2 Å². The molecule has 10 aromatic rings. The Morgan fingerprint density at radius 3 is 1.54 bits per heavy atom. The Bertz CT molecular complexity index is 4000. The van der Waals surface area contributed by atoms with Crippen LogP contribution in [-0.4, -0.2) is 74.0 Å². The smallest absolute Gasteiger partial charge is 0.399 e. The number of nitrogens with zero attached hydrogens (tertiary/aromatic N) is 6. The molecule has 6 aromatic carbocycles. The first-order valence-electron chi connectivity index (χ1n) is 24.8. The van der Waals surface area contributed by atoms with Gasteiger partial charge in [0.2, 0.25) is 0 Å². The van der Waals surface area contributed by atoms with Crippen LogP contribution in [0.4, 0.5) is 36.2 Å². The minimum atomic E-state index is -5.91. The third-order valence-electron chi connectivity index (χ3n) is 13.1. The number of carbonyl (C=O) groups excluding carboxylic acids is 2. The van der Waals surface area contributed by atoms with Crippen molar-refractivity contribution in [3.05, 3.63) is 206 Å². The lowest BCUT2D eigenvalue weighted by molar-refractivity contribution is -0.0499. The van der Waals surface area contributed by atoms with Gasteiger partial charge in [0.15, 0.2) is 5.75 Å². The molecule has 408 valence electrons. The Kier molecular flexibility index (Phi) is 16.2. The Labute approximate surface area is 463 Å². The summed E-state index contributed by atoms with van der Waals surface area (Å²) in [6, 6.07) is 46.2. The van der Waals surface area contributed by atoms with Crippen molar-refractivity contribution < 1.29 is 44.7 Å². The van der Waals surface area contributed by atoms with E-state index in [-0.39, 0.29) is 35.1 Å². The van der Waals surface area contributed by atoms with E-state index >= 15 is 0 Å². The second-order valence-corrected chi connectivity index (χ2v) is 20.8. The van der Waals surface area contributed by atoms with Crippen LogP contribution in [0.15, 0.2) is 195 Å². The molecule has 0 unspecified atom stereocenters. The number of pyridine rings is 2. The molecule has 0 aliphatic carbocycles. The molecule has 0 atom stereocenters. The highest BCUT2D eigenvalue weighted by Crippen LogP contribution is 2.38. The van der Waals surface area contributed by atoms with Gasteiger partial charge in [-0.25, -0.2) is 29.9 Å². The van der Waals surface area contributed by atoms with Crippen LogP contribution in [0.2, 0.25) is 0 Å². The first-order valence-corrected chi connectivity index (χ1v) is 26.2. The predicted molar refractivity (Wildman–Crippen MR) is 306 cm³/mol. The summed E-state index contributed by atoms with van der Waals surface area (Å²) in [5.74, 6) is -0.328. The summed E-state index contributed by atoms with van der Waals surface area (Å²) in [7, 11) is -6.23. The maximum atomic E-state index is 12.8. The molecule has 4 aromatic heterocycles. The zero-order valence-electron chi connectivity index (χ0n) is 43.8. The van der Waals surface area contributed by atoms with E-state index in [1.807, 2.05) is 100 Å². The van der Waals surface area contributed by atoms with Crippen LogP contribution in [0.25, 0.3) is 55.2 Å². The van der Waals surface area contributed by atoms with E-state index in [0.29, 0.717) is 39.6 Å². The minimum absolute atomic E-state index is 0.104. The lowest BCUT2D eigenvalue weighted by atomic mass is 9.79. The second-order valence-electron chi connectivity index (χ2n) is 19.3. The van der Waals surface area contributed by atoms with Crippen molar-refractivity contribution in [2.45, 2.75) is 44.4 Å². The number of benzene rings is 6. The quantitative estimate of drug-likeness (QED) is 0.0430. The van der Waals surface area contributed by atoms with Crippen LogP contribution in [0.5, 0.6) is 5.75 Å². The van der Waals surface area contributed by atoms with Crippen LogP contribution in [0.1, 0.15) is 48.4 Å². The van der Waals surface area contributed by atoms with Crippen LogP contribution in [-0.2, 0) is 19.4 Å². The van der Waals surface area contributed by atoms with Gasteiger partial charge in [0.1, 0.15) is 29.8 Å². The number of amides is 2. The Hall–Kier alpha value is -9.64. The Morgan fingerprint density at radius 2 is 1.05 bits per heavy atom. The number of nitrogen functional groups attached to an aromatic ring is 2. The molecular formula is C59H50BF3N10O7S. The highest BCUT2D eigenvalue weighted by molar-refractivity contribution is 7.88. The summed E-state index contributed by atoms with van der Waals surface area (Å²) >= 11 is 0. The monoisotopic (exact) mass is 1110 g/mol. The molecule has 11 rings (SSSR count). The number of aromatic nitrogens is 6. The SMILES string of the molecule is CC1(C)OB(c2cccc(N)c2)OC1(C)C.Nc1cccc(-c2cc(-c3ccc(C(=O)Nc4ccccn4)cc3)cc3cncnc23)c1.O=C(Nc1ccccn1)c1ccc(-c2cc(OS(=O)(=O)C(F)(F)F)c3ncncc3c2)cc1. The van der Waals surface area contributed by atoms with Crippen LogP contribution < -0.4 is 31.7 Å². The third-order valence-corrected chi connectivity index (χ3v) is 14.0. The van der Waals surface area contributed by atoms with Gasteiger partial charge in [-0.15, -0.1) is 0 Å². The fourth-order valence-electron chi connectivity index (χ4n) is 8.23. The molecule has 1 saturated heterocycles. The van der Waals surface area contributed by atoms with Crippen molar-refractivity contribution in [2.24, 2.45) is 0 Å². The number of anilines is 4. The fraction of sp³-hybridized carbons (Fsp3) is 0.119. The van der Waals surface area contributed by atoms with Crippen molar-refractivity contribution in [3.63, 3.8) is 0 Å². The summed E-state index contributed by atoms with van der Waals surface area (Å²) in [4.78, 5) is 49.4. The number of hydrogen-bond donors (Lipinski definition) is 4. The molecule has 5 heterocycles. The maximum absolute atomic E-state index is 12.8. The zero-order chi connectivity index (χ0) is 57.5. The lowest BCUT2D eigenvalue weighted by Gasteiger charge is -2.32. The number of fused-ring (bicyclic) bond motifs is 2. The molecule has 0 radical (unpaired) electrons. The molecule has 1 aliphatic rings. The van der Waals surface area contributed by atoms with Gasteiger partial charge in [-0.05, 0) is 158 Å². The summed E-state index contributed by atoms with van der Waals surface area (Å²) in [5.41, 5.74) is 14.3. The second kappa shape index (κ2) is 23.4. The molecule has 6 N–H and O–H groups in total. The first kappa shape index (κ1) is 56.1. The summed E-state index contributed by atoms with van der Waals surface area (Å²) in [6.45, 7) is 8.16. The molecule has 17 nitrogen and oxygen atoms in total. The minimum Gasteiger partial charge on any atom is -0.399 e. The first-order chi connectivity index (χ1) is 38.6. The number of carbonyl (C=O) groups is 2. The molecule has 81 heavy (non-hydrogen) atoms. The molecular weight excluding hydrogens is 1060 g/mol. The van der Waals surface area contributed by atoms with E-state index < -0.39 is 27.3 Å². The normalized spacial score (nSPS) is 13.5. The topological polar surface area (TPSA) is 249 Å². The summed E-state index contributed by atoms with van der Waals surface area (Å²) < 4.78 is 77.8. The van der Waals surface area contributed by atoms with E-state index in [4.69, 9.17) is 20.8 Å². The molecule has 2 amide bonds. The zero-order valence-corrected chi connectivity index (χ0v) is 44.6. The largest absolute Gasteiger partial charge is 0.534 e. The van der Waals surface area contributed by atoms with E-state index in [1.54, 1.807) is 79.4 Å². The average molecular weight is 1110 g/mol. The van der Waals surface area contributed by atoms with Crippen molar-refractivity contribution in [3.8, 4) is 39.1 Å². The van der Waals surface area contributed by atoms with Gasteiger partial charge in [0.25, 0.3) is 11.8 Å². The van der Waals surface area contributed by atoms with Crippen LogP contribution in [0.3, 0.4) is 0 Å². The number of alkyl halides is 3. The summed E-state index contributed by atoms with van der Waals surface area (Å²) in [6.07, 6.45) is 8.89. The van der Waals surface area contributed by atoms with Gasteiger partial charge >= 0.3 is 22.7 Å². The maximum Gasteiger partial charge on any atom is 0.534 e. The molecule has 0 spiro atoms. The van der Waals surface area contributed by atoms with Crippen molar-refractivity contribution in [1.82, 2.24) is 29.9 Å². The molecule has 22 heteroatoms. The highest BCUT2D eigenvalue weighted by atomic mass is 32.2. The van der Waals surface area contributed by atoms with Gasteiger partial charge < -0.3 is 35.6 Å². The van der Waals surface area contributed by atoms with Crippen LogP contribution >= 0.6 is 0 Å². The average Bonchev–Trinajstić information content (AvgIpc) is 3.76. The van der Waals surface area contributed by atoms with Gasteiger partial charge in [0, 0.05) is 63.6 Å². The van der Waals surface area contributed by atoms with Gasteiger partial charge in [-0.1, -0.05) is 60.7 Å². The van der Waals surface area contributed by atoms with Gasteiger partial charge in [0.05, 0.1) is 16.7 Å². The van der Waals surface area contributed by atoms with Gasteiger partial charge in [-0.2, -0.15) is 21.6 Å². The third kappa shape index (κ3) is 13.3. The number of nitrogens with two attached hydrogens (primary N) is 2. The molecule has 1 aliphatic heterocycles. The Morgan fingerprint density at radius 1 is 0.556 bits per heavy atom. The van der Waals surface area contributed by atoms with E-state index in [1.165, 1.54) is 24.5 Å². The standard InChI is InChI=1S/C26H19N5O.C21H13F3N4O4S.C12H18BNO2/c27-22-5-3-4-19(13-22)23-14-20(12-21-15-28-16-30-25(21)23)17-7-9-18(10-8-17)26(32)31-24-6-1-2-11-29-24;22-21(23,24)33(30,31)32-17-10-15(9-16-11-25-12-27-19(16)17)13-4-6-14(7-5-13)20(29)28-18-3-1-2-8-26-18;1-11(2)12(3,4)16-13(15-11)9-6-5-7-10(14)8-9/h1-16H,27H2,(H,29,31,32);1-12H,(H,26,28,29);5-8H,14H2,1-4H3. The Balaban J connectivity index is 0.000000155. The number of hydrogen-bond acceptors (Lipinski definition) is 15. The fourth-order valence-corrected chi connectivity index (χ4v) is 8.68. The number of halogens is 3. The van der Waals surface area contributed by atoms with E-state index in [0.717, 1.165) is 56.7 Å². The van der Waals surface area contributed by atoms with Crippen molar-refractivity contribution in [2.75, 3.05) is 22.1 Å². The molecule has 1 fully saturated rings. The van der Waals surface area contributed by atoms with Gasteiger partial charge in [-0.3, -0.25) is 9.59 Å². The highest BCUT2D eigenvalue weighted by Gasteiger charge is 2.52. The number of rotatable bonds is 10. The number of nitrogens with one attached hydrogen (secondary N) is 2. The molecule has 0 saturated carbocycles. The lowest BCUT2D eigenvalue weighted by Crippen LogP contribution is -2.41. The summed E-state index contributed by atoms with van der Waals surface area (Å²) in [5, 5.41) is 6.62. The molecule has 0 bridgehead atoms. The van der Waals surface area contributed by atoms with Crippen molar-refractivity contribution >= 4 is 79.3 Å². The van der Waals surface area contributed by atoms with E-state index in [2.05, 4.69) is 50.8 Å². The predicted octanol–water partition coefficient (Wildman–Crippen LogP) is 10.9.